The van der Waals surface area contributed by atoms with Gasteiger partial charge in [-0.2, -0.15) is 0 Å². The molecule has 3 nitrogen and oxygen atoms in total. The van der Waals surface area contributed by atoms with E-state index in [9.17, 15) is 5.11 Å². The minimum atomic E-state index is -0.756. The predicted molar refractivity (Wildman–Crippen MR) is 69.6 cm³/mol. The van der Waals surface area contributed by atoms with E-state index in [1.54, 1.807) is 7.05 Å². The summed E-state index contributed by atoms with van der Waals surface area (Å²) in [4.78, 5) is 0. The molecule has 0 aromatic heterocycles. The smallest absolute Gasteiger partial charge is 0.135 e. The Balaban J connectivity index is 2.98. The van der Waals surface area contributed by atoms with E-state index in [1.807, 2.05) is 0 Å². The van der Waals surface area contributed by atoms with Crippen molar-refractivity contribution in [1.29, 1.82) is 0 Å². The van der Waals surface area contributed by atoms with Gasteiger partial charge >= 0.3 is 0 Å². The number of aliphatic hydroxyl groups is 1. The number of likely N-dealkylation sites (N-methyl/N-ethyl adjacent to an activating group) is 1. The van der Waals surface area contributed by atoms with Gasteiger partial charge in [0.25, 0.3) is 0 Å². The third kappa shape index (κ3) is 2.49. The van der Waals surface area contributed by atoms with E-state index in [1.165, 1.54) is 0 Å². The lowest BCUT2D eigenvalue weighted by Crippen LogP contribution is -2.58. The molecule has 0 aliphatic carbocycles. The van der Waals surface area contributed by atoms with E-state index in [0.29, 0.717) is 5.92 Å². The summed E-state index contributed by atoms with van der Waals surface area (Å²) < 4.78 is 5.99. The molecule has 3 heteroatoms. The Morgan fingerprint density at radius 1 is 1.41 bits per heavy atom. The van der Waals surface area contributed by atoms with Gasteiger partial charge in [-0.1, -0.05) is 33.6 Å². The topological polar surface area (TPSA) is 41.5 Å². The van der Waals surface area contributed by atoms with Gasteiger partial charge in [-0.3, -0.25) is 5.32 Å². The van der Waals surface area contributed by atoms with Gasteiger partial charge < -0.3 is 9.84 Å². The minimum absolute atomic E-state index is 0.142. The summed E-state index contributed by atoms with van der Waals surface area (Å²) in [6.07, 6.45) is 5.50. The van der Waals surface area contributed by atoms with Gasteiger partial charge in [-0.25, -0.2) is 0 Å². The van der Waals surface area contributed by atoms with Crippen molar-refractivity contribution in [3.8, 4) is 12.3 Å². The molecule has 0 saturated carbocycles. The molecule has 98 valence electrons. The first-order valence-electron chi connectivity index (χ1n) is 6.39. The molecule has 1 rings (SSSR count). The summed E-state index contributed by atoms with van der Waals surface area (Å²) in [5.74, 6) is 3.47. The zero-order chi connectivity index (χ0) is 13.2. The summed E-state index contributed by atoms with van der Waals surface area (Å²) in [5, 5.41) is 13.5. The van der Waals surface area contributed by atoms with Crippen LogP contribution in [0.5, 0.6) is 0 Å². The van der Waals surface area contributed by atoms with Crippen LogP contribution >= 0.6 is 0 Å². The average molecular weight is 239 g/mol. The number of terminal acetylenes is 1. The molecule has 1 fully saturated rings. The molecule has 0 amide bonds. The fourth-order valence-corrected chi connectivity index (χ4v) is 2.69. The molecule has 0 aromatic carbocycles. The van der Waals surface area contributed by atoms with Crippen LogP contribution in [-0.2, 0) is 4.74 Å². The third-order valence-corrected chi connectivity index (χ3v) is 3.55. The van der Waals surface area contributed by atoms with Gasteiger partial charge in [0.1, 0.15) is 11.6 Å². The summed E-state index contributed by atoms with van der Waals surface area (Å²) in [6, 6.07) is 0. The lowest BCUT2D eigenvalue weighted by Gasteiger charge is -2.33. The minimum Gasteiger partial charge on any atom is -0.387 e. The van der Waals surface area contributed by atoms with Gasteiger partial charge in [0.05, 0.1) is 12.2 Å². The Kier molecular flexibility index (Phi) is 4.60. The second-order valence-electron chi connectivity index (χ2n) is 5.68. The highest BCUT2D eigenvalue weighted by Gasteiger charge is 2.55. The number of hydrogen-bond acceptors (Lipinski definition) is 3. The highest BCUT2D eigenvalue weighted by molar-refractivity contribution is 5.25. The molecule has 0 unspecified atom stereocenters. The third-order valence-electron chi connectivity index (χ3n) is 3.55. The van der Waals surface area contributed by atoms with Crippen LogP contribution in [0.3, 0.4) is 0 Å². The van der Waals surface area contributed by atoms with Gasteiger partial charge in [0.15, 0.2) is 0 Å². The van der Waals surface area contributed by atoms with Crippen LogP contribution in [0.15, 0.2) is 0 Å². The number of hydrogen-bond donors (Lipinski definition) is 2. The first-order valence-corrected chi connectivity index (χ1v) is 6.39. The molecule has 0 spiro atoms. The van der Waals surface area contributed by atoms with Crippen molar-refractivity contribution in [2.24, 2.45) is 11.8 Å². The maximum atomic E-state index is 10.4. The van der Waals surface area contributed by atoms with Gasteiger partial charge in [-0.05, 0) is 25.3 Å². The van der Waals surface area contributed by atoms with Gasteiger partial charge in [0, 0.05) is 0 Å². The zero-order valence-corrected chi connectivity index (χ0v) is 11.5. The SMILES string of the molecule is C#C[C@@]1(NC)[C@H](O)[C@@H](CC(C)C)O[C@H]1C(C)C. The molecular formula is C14H25NO2. The first-order chi connectivity index (χ1) is 7.89. The molecule has 0 radical (unpaired) electrons. The molecule has 2 N–H and O–H groups in total. The number of rotatable bonds is 4. The van der Waals surface area contributed by atoms with Crippen LogP contribution in [0.25, 0.3) is 0 Å². The molecule has 17 heavy (non-hydrogen) atoms. The first kappa shape index (κ1) is 14.5. The molecule has 4 atom stereocenters. The Bertz CT molecular complexity index is 295. The normalized spacial score (nSPS) is 37.7. The van der Waals surface area contributed by atoms with Crippen molar-refractivity contribution in [2.45, 2.75) is 58.0 Å². The van der Waals surface area contributed by atoms with Crippen molar-refractivity contribution in [1.82, 2.24) is 5.32 Å². The zero-order valence-electron chi connectivity index (χ0n) is 11.5. The Morgan fingerprint density at radius 2 is 2.00 bits per heavy atom. The molecular weight excluding hydrogens is 214 g/mol. The predicted octanol–water partition coefficient (Wildman–Crippen LogP) is 1.41. The van der Waals surface area contributed by atoms with Crippen molar-refractivity contribution < 1.29 is 9.84 Å². The van der Waals surface area contributed by atoms with E-state index >= 15 is 0 Å². The Hall–Kier alpha value is -0.560. The van der Waals surface area contributed by atoms with Crippen LogP contribution in [0.1, 0.15) is 34.1 Å². The number of aliphatic hydroxyl groups excluding tert-OH is 1. The van der Waals surface area contributed by atoms with E-state index in [0.717, 1.165) is 6.42 Å². The molecule has 0 bridgehead atoms. The van der Waals surface area contributed by atoms with E-state index in [4.69, 9.17) is 11.2 Å². The second kappa shape index (κ2) is 5.39. The monoisotopic (exact) mass is 239 g/mol. The number of nitrogens with one attached hydrogen (secondary N) is 1. The van der Waals surface area contributed by atoms with Gasteiger partial charge in [0.2, 0.25) is 0 Å². The van der Waals surface area contributed by atoms with E-state index in [-0.39, 0.29) is 18.1 Å². The lowest BCUT2D eigenvalue weighted by molar-refractivity contribution is -0.0171. The van der Waals surface area contributed by atoms with Crippen molar-refractivity contribution in [3.05, 3.63) is 0 Å². The summed E-state index contributed by atoms with van der Waals surface area (Å²) >= 11 is 0. The van der Waals surface area contributed by atoms with Crippen LogP contribution in [-0.4, -0.2) is 36.0 Å². The van der Waals surface area contributed by atoms with Crippen LogP contribution < -0.4 is 5.32 Å². The fraction of sp³-hybridized carbons (Fsp3) is 0.857. The lowest BCUT2D eigenvalue weighted by atomic mass is 9.81. The fourth-order valence-electron chi connectivity index (χ4n) is 2.69. The van der Waals surface area contributed by atoms with Crippen LogP contribution in [0.4, 0.5) is 0 Å². The van der Waals surface area contributed by atoms with E-state index < -0.39 is 11.6 Å². The largest absolute Gasteiger partial charge is 0.387 e. The van der Waals surface area contributed by atoms with Crippen LogP contribution in [0, 0.1) is 24.2 Å². The van der Waals surface area contributed by atoms with Crippen LogP contribution in [0.2, 0.25) is 0 Å². The quantitative estimate of drug-likeness (QED) is 0.729. The molecule has 0 aromatic rings. The Labute approximate surface area is 105 Å². The highest BCUT2D eigenvalue weighted by atomic mass is 16.5. The van der Waals surface area contributed by atoms with Crippen molar-refractivity contribution in [2.75, 3.05) is 7.05 Å². The molecule has 1 aliphatic rings. The summed E-state index contributed by atoms with van der Waals surface area (Å²) in [6.45, 7) is 8.38. The standard InChI is InChI=1S/C14H25NO2/c1-7-14(15-6)12(16)11(8-9(2)3)17-13(14)10(4)5/h1,9-13,15-16H,8H2,2-6H3/t11-,12-,13+,14-/m1/s1. The van der Waals surface area contributed by atoms with Gasteiger partial charge in [-0.15, -0.1) is 6.42 Å². The summed E-state index contributed by atoms with van der Waals surface area (Å²) in [5.41, 5.74) is -0.756. The second-order valence-corrected chi connectivity index (χ2v) is 5.68. The number of ether oxygens (including phenoxy) is 1. The molecule has 1 saturated heterocycles. The maximum absolute atomic E-state index is 10.4. The highest BCUT2D eigenvalue weighted by Crippen LogP contribution is 2.37. The van der Waals surface area contributed by atoms with E-state index in [2.05, 4.69) is 38.9 Å². The maximum Gasteiger partial charge on any atom is 0.135 e. The van der Waals surface area contributed by atoms with Crippen molar-refractivity contribution >= 4 is 0 Å². The average Bonchev–Trinajstić information content (AvgIpc) is 2.53. The molecule has 1 heterocycles. The summed E-state index contributed by atoms with van der Waals surface area (Å²) in [7, 11) is 1.79. The molecule has 1 aliphatic heterocycles. The Morgan fingerprint density at radius 3 is 2.29 bits per heavy atom. The van der Waals surface area contributed by atoms with Crippen molar-refractivity contribution in [3.63, 3.8) is 0 Å².